The second kappa shape index (κ2) is 5.60. The minimum absolute atomic E-state index is 0.205. The van der Waals surface area contributed by atoms with Crippen LogP contribution in [0, 0.1) is 6.92 Å². The van der Waals surface area contributed by atoms with Crippen LogP contribution in [0.5, 0.6) is 0 Å². The number of hydrogen-bond acceptors (Lipinski definition) is 4. The summed E-state index contributed by atoms with van der Waals surface area (Å²) in [5.41, 5.74) is 0. The molecule has 1 aromatic heterocycles. The van der Waals surface area contributed by atoms with Crippen molar-refractivity contribution in [1.29, 1.82) is 0 Å². The Morgan fingerprint density at radius 2 is 2.12 bits per heavy atom. The molecule has 1 heterocycles. The topological polar surface area (TPSA) is 54.2 Å². The normalized spacial score (nSPS) is 15.8. The van der Waals surface area contributed by atoms with Gasteiger partial charge in [0, 0.05) is 12.6 Å². The fourth-order valence-electron chi connectivity index (χ4n) is 2.26. The molecule has 0 atom stereocenters. The molecular formula is C12H22N4O. The molecule has 1 aromatic rings. The van der Waals surface area contributed by atoms with E-state index in [2.05, 4.69) is 26.6 Å². The molecule has 17 heavy (non-hydrogen) atoms. The lowest BCUT2D eigenvalue weighted by atomic mass is 10.3. The van der Waals surface area contributed by atoms with Gasteiger partial charge in [-0.3, -0.25) is 4.90 Å². The zero-order chi connectivity index (χ0) is 12.3. The number of hydrogen-bond donors (Lipinski definition) is 1. The summed E-state index contributed by atoms with van der Waals surface area (Å²) in [4.78, 5) is 2.24. The SMILES string of the molecule is CCCN(CCO)Cc1nnc(C)n1C1CC1. The first kappa shape index (κ1) is 12.5. The van der Waals surface area contributed by atoms with Crippen molar-refractivity contribution in [3.05, 3.63) is 11.6 Å². The Bertz CT molecular complexity index is 353. The predicted molar refractivity (Wildman–Crippen MR) is 65.7 cm³/mol. The number of nitrogens with zero attached hydrogens (tertiary/aromatic N) is 4. The number of aliphatic hydroxyl groups is 1. The average Bonchev–Trinajstić information content (AvgIpc) is 3.06. The summed E-state index contributed by atoms with van der Waals surface area (Å²) in [5.74, 6) is 2.06. The molecule has 1 aliphatic rings. The zero-order valence-corrected chi connectivity index (χ0v) is 10.8. The van der Waals surface area contributed by atoms with Crippen LogP contribution in [0.1, 0.15) is 43.9 Å². The van der Waals surface area contributed by atoms with E-state index >= 15 is 0 Å². The molecule has 5 nitrogen and oxygen atoms in total. The second-order valence-corrected chi connectivity index (χ2v) is 4.76. The molecule has 0 radical (unpaired) electrons. The lowest BCUT2D eigenvalue weighted by Gasteiger charge is -2.20. The van der Waals surface area contributed by atoms with Gasteiger partial charge in [-0.25, -0.2) is 0 Å². The van der Waals surface area contributed by atoms with Gasteiger partial charge in [0.2, 0.25) is 0 Å². The third-order valence-corrected chi connectivity index (χ3v) is 3.17. The van der Waals surface area contributed by atoms with Gasteiger partial charge in [-0.05, 0) is 32.7 Å². The van der Waals surface area contributed by atoms with E-state index < -0.39 is 0 Å². The lowest BCUT2D eigenvalue weighted by molar-refractivity contribution is 0.185. The van der Waals surface area contributed by atoms with Crippen molar-refractivity contribution in [1.82, 2.24) is 19.7 Å². The second-order valence-electron chi connectivity index (χ2n) is 4.76. The summed E-state index contributed by atoms with van der Waals surface area (Å²) in [5, 5.41) is 17.5. The standard InChI is InChI=1S/C12H22N4O/c1-3-6-15(7-8-17)9-12-14-13-10(2)16(12)11-4-5-11/h11,17H,3-9H2,1-2H3. The number of aromatic nitrogens is 3. The Labute approximate surface area is 102 Å². The van der Waals surface area contributed by atoms with Gasteiger partial charge in [0.1, 0.15) is 11.6 Å². The zero-order valence-electron chi connectivity index (χ0n) is 10.8. The van der Waals surface area contributed by atoms with Crippen molar-refractivity contribution < 1.29 is 5.11 Å². The van der Waals surface area contributed by atoms with Gasteiger partial charge in [0.25, 0.3) is 0 Å². The van der Waals surface area contributed by atoms with Crippen molar-refractivity contribution in [3.8, 4) is 0 Å². The fraction of sp³-hybridized carbons (Fsp3) is 0.833. The van der Waals surface area contributed by atoms with Crippen LogP contribution in [0.3, 0.4) is 0 Å². The maximum Gasteiger partial charge on any atom is 0.147 e. The number of aliphatic hydroxyl groups excluding tert-OH is 1. The molecule has 0 saturated heterocycles. The highest BCUT2D eigenvalue weighted by molar-refractivity contribution is 5.01. The maximum absolute atomic E-state index is 9.05. The van der Waals surface area contributed by atoms with Crippen LogP contribution in [-0.4, -0.2) is 44.5 Å². The van der Waals surface area contributed by atoms with E-state index in [1.807, 2.05) is 6.92 Å². The van der Waals surface area contributed by atoms with E-state index in [1.165, 1.54) is 12.8 Å². The molecule has 1 fully saturated rings. The van der Waals surface area contributed by atoms with Crippen molar-refractivity contribution >= 4 is 0 Å². The Morgan fingerprint density at radius 3 is 2.71 bits per heavy atom. The van der Waals surface area contributed by atoms with Crippen molar-refractivity contribution in [2.24, 2.45) is 0 Å². The molecule has 1 N–H and O–H groups in total. The molecule has 96 valence electrons. The van der Waals surface area contributed by atoms with Gasteiger partial charge in [-0.1, -0.05) is 6.92 Å². The molecule has 0 aliphatic heterocycles. The van der Waals surface area contributed by atoms with Crippen LogP contribution in [0.25, 0.3) is 0 Å². The van der Waals surface area contributed by atoms with E-state index in [1.54, 1.807) is 0 Å². The summed E-state index contributed by atoms with van der Waals surface area (Å²) in [6, 6.07) is 0.623. The quantitative estimate of drug-likeness (QED) is 0.773. The third-order valence-electron chi connectivity index (χ3n) is 3.17. The summed E-state index contributed by atoms with van der Waals surface area (Å²) in [6.45, 7) is 6.89. The molecule has 1 aliphatic carbocycles. The largest absolute Gasteiger partial charge is 0.395 e. The highest BCUT2D eigenvalue weighted by atomic mass is 16.3. The third kappa shape index (κ3) is 3.04. The Balaban J connectivity index is 2.05. The monoisotopic (exact) mass is 238 g/mol. The van der Waals surface area contributed by atoms with Gasteiger partial charge in [-0.15, -0.1) is 10.2 Å². The molecule has 0 aromatic carbocycles. The number of aryl methyl sites for hydroxylation is 1. The summed E-state index contributed by atoms with van der Waals surface area (Å²) < 4.78 is 2.26. The highest BCUT2D eigenvalue weighted by Gasteiger charge is 2.28. The molecule has 0 unspecified atom stereocenters. The van der Waals surface area contributed by atoms with Crippen molar-refractivity contribution in [2.75, 3.05) is 19.7 Å². The first-order chi connectivity index (χ1) is 8.26. The fourth-order valence-corrected chi connectivity index (χ4v) is 2.26. The van der Waals surface area contributed by atoms with Crippen LogP contribution < -0.4 is 0 Å². The minimum Gasteiger partial charge on any atom is -0.395 e. The lowest BCUT2D eigenvalue weighted by Crippen LogP contribution is -2.28. The van der Waals surface area contributed by atoms with Crippen LogP contribution in [0.4, 0.5) is 0 Å². The molecule has 1 saturated carbocycles. The molecule has 0 spiro atoms. The minimum atomic E-state index is 0.205. The van der Waals surface area contributed by atoms with Crippen LogP contribution >= 0.6 is 0 Å². The first-order valence-corrected chi connectivity index (χ1v) is 6.49. The highest BCUT2D eigenvalue weighted by Crippen LogP contribution is 2.36. The molecular weight excluding hydrogens is 216 g/mol. The van der Waals surface area contributed by atoms with Gasteiger partial charge in [0.05, 0.1) is 13.2 Å². The van der Waals surface area contributed by atoms with Crippen LogP contribution in [-0.2, 0) is 6.54 Å². The van der Waals surface area contributed by atoms with Crippen molar-refractivity contribution in [2.45, 2.75) is 45.7 Å². The van der Waals surface area contributed by atoms with Gasteiger partial charge >= 0.3 is 0 Å². The Hall–Kier alpha value is -0.940. The van der Waals surface area contributed by atoms with E-state index in [9.17, 15) is 0 Å². The first-order valence-electron chi connectivity index (χ1n) is 6.49. The van der Waals surface area contributed by atoms with E-state index in [0.717, 1.165) is 31.2 Å². The summed E-state index contributed by atoms with van der Waals surface area (Å²) >= 11 is 0. The molecule has 0 amide bonds. The Morgan fingerprint density at radius 1 is 1.35 bits per heavy atom. The Kier molecular flexibility index (Phi) is 4.12. The van der Waals surface area contributed by atoms with Gasteiger partial charge in [0.15, 0.2) is 0 Å². The van der Waals surface area contributed by atoms with Crippen LogP contribution in [0.15, 0.2) is 0 Å². The smallest absolute Gasteiger partial charge is 0.147 e. The molecule has 0 bridgehead atoms. The maximum atomic E-state index is 9.05. The van der Waals surface area contributed by atoms with E-state index in [4.69, 9.17) is 5.11 Å². The number of rotatable bonds is 7. The average molecular weight is 238 g/mol. The summed E-state index contributed by atoms with van der Waals surface area (Å²) in [7, 11) is 0. The van der Waals surface area contributed by atoms with E-state index in [0.29, 0.717) is 12.6 Å². The van der Waals surface area contributed by atoms with E-state index in [-0.39, 0.29) is 6.61 Å². The van der Waals surface area contributed by atoms with Gasteiger partial charge in [-0.2, -0.15) is 0 Å². The van der Waals surface area contributed by atoms with Crippen molar-refractivity contribution in [3.63, 3.8) is 0 Å². The predicted octanol–water partition coefficient (Wildman–Crippen LogP) is 1.13. The van der Waals surface area contributed by atoms with Gasteiger partial charge < -0.3 is 9.67 Å². The molecule has 5 heteroatoms. The summed E-state index contributed by atoms with van der Waals surface area (Å²) in [6.07, 6.45) is 3.59. The van der Waals surface area contributed by atoms with Crippen LogP contribution in [0.2, 0.25) is 0 Å². The molecule has 2 rings (SSSR count).